The van der Waals surface area contributed by atoms with Crippen molar-refractivity contribution in [1.29, 1.82) is 0 Å². The van der Waals surface area contributed by atoms with E-state index in [9.17, 15) is 9.59 Å². The largest absolute Gasteiger partial charge is 0.411 e. The minimum atomic E-state index is -0.456. The van der Waals surface area contributed by atoms with Crippen molar-refractivity contribution in [3.8, 4) is 11.5 Å². The Bertz CT molecular complexity index is 1050. The molecule has 0 radical (unpaired) electrons. The van der Waals surface area contributed by atoms with Crippen LogP contribution in [-0.4, -0.2) is 27.1 Å². The van der Waals surface area contributed by atoms with E-state index in [0.717, 1.165) is 5.56 Å². The summed E-state index contributed by atoms with van der Waals surface area (Å²) in [5.74, 6) is 0.150. The van der Waals surface area contributed by atoms with Gasteiger partial charge in [0.2, 0.25) is 11.8 Å². The van der Waals surface area contributed by atoms with Gasteiger partial charge in [0.15, 0.2) is 5.78 Å². The van der Waals surface area contributed by atoms with Crippen LogP contribution in [-0.2, 0) is 10.2 Å². The van der Waals surface area contributed by atoms with E-state index < -0.39 is 5.25 Å². The SMILES string of the molecule is CC(=O)c1cccc(NC(=O)[C@@H](C)Sc2nnc(-c3ccc(C(C)(C)C)cc3)o2)c1. The fraction of sp³-hybridized carbons (Fsp3) is 0.304. The summed E-state index contributed by atoms with van der Waals surface area (Å²) in [4.78, 5) is 24.0. The summed E-state index contributed by atoms with van der Waals surface area (Å²) in [5, 5.41) is 10.8. The van der Waals surface area contributed by atoms with Crippen molar-refractivity contribution in [2.75, 3.05) is 5.32 Å². The lowest BCUT2D eigenvalue weighted by atomic mass is 9.87. The third-order valence-electron chi connectivity index (χ3n) is 4.59. The van der Waals surface area contributed by atoms with Crippen LogP contribution in [0.15, 0.2) is 58.2 Å². The summed E-state index contributed by atoms with van der Waals surface area (Å²) in [7, 11) is 0. The zero-order chi connectivity index (χ0) is 21.9. The lowest BCUT2D eigenvalue weighted by Crippen LogP contribution is -2.22. The topological polar surface area (TPSA) is 85.1 Å². The highest BCUT2D eigenvalue weighted by Gasteiger charge is 2.20. The van der Waals surface area contributed by atoms with E-state index in [0.29, 0.717) is 22.4 Å². The number of ketones is 1. The molecule has 2 aromatic carbocycles. The van der Waals surface area contributed by atoms with Crippen molar-refractivity contribution in [3.05, 3.63) is 59.7 Å². The molecule has 0 fully saturated rings. The van der Waals surface area contributed by atoms with Crippen LogP contribution in [0.2, 0.25) is 0 Å². The number of hydrogen-bond donors (Lipinski definition) is 1. The molecule has 3 rings (SSSR count). The predicted octanol–water partition coefficient (Wildman–Crippen LogP) is 5.36. The van der Waals surface area contributed by atoms with E-state index in [1.807, 2.05) is 12.1 Å². The van der Waals surface area contributed by atoms with Gasteiger partial charge in [-0.1, -0.05) is 56.8 Å². The van der Waals surface area contributed by atoms with Gasteiger partial charge in [0.05, 0.1) is 5.25 Å². The number of carbonyl (C=O) groups is 2. The number of aromatic nitrogens is 2. The minimum absolute atomic E-state index is 0.0533. The predicted molar refractivity (Wildman–Crippen MR) is 119 cm³/mol. The molecule has 0 unspecified atom stereocenters. The van der Waals surface area contributed by atoms with E-state index in [2.05, 4.69) is 48.4 Å². The molecule has 0 aliphatic rings. The summed E-state index contributed by atoms with van der Waals surface area (Å²) < 4.78 is 5.73. The molecule has 1 amide bonds. The Labute approximate surface area is 180 Å². The fourth-order valence-corrected chi connectivity index (χ4v) is 3.43. The summed E-state index contributed by atoms with van der Waals surface area (Å²) in [5.41, 5.74) is 3.25. The average Bonchev–Trinajstić information content (AvgIpc) is 3.16. The van der Waals surface area contributed by atoms with E-state index >= 15 is 0 Å². The zero-order valence-corrected chi connectivity index (χ0v) is 18.5. The van der Waals surface area contributed by atoms with Crippen molar-refractivity contribution in [2.24, 2.45) is 0 Å². The Kier molecular flexibility index (Phi) is 6.41. The van der Waals surface area contributed by atoms with Gasteiger partial charge >= 0.3 is 0 Å². The van der Waals surface area contributed by atoms with E-state index in [4.69, 9.17) is 4.42 Å². The Balaban J connectivity index is 1.64. The molecule has 1 heterocycles. The third kappa shape index (κ3) is 5.36. The Morgan fingerprint density at radius 2 is 1.77 bits per heavy atom. The maximum Gasteiger partial charge on any atom is 0.277 e. The first-order valence-electron chi connectivity index (χ1n) is 9.66. The number of rotatable bonds is 6. The first kappa shape index (κ1) is 21.8. The molecule has 1 N–H and O–H groups in total. The number of nitrogens with zero attached hydrogens (tertiary/aromatic N) is 2. The highest BCUT2D eigenvalue weighted by Crippen LogP contribution is 2.29. The van der Waals surface area contributed by atoms with Crippen LogP contribution >= 0.6 is 11.8 Å². The first-order chi connectivity index (χ1) is 14.1. The summed E-state index contributed by atoms with van der Waals surface area (Å²) in [6.07, 6.45) is 0. The number of nitrogens with one attached hydrogen (secondary N) is 1. The number of hydrogen-bond acceptors (Lipinski definition) is 6. The second kappa shape index (κ2) is 8.83. The van der Waals surface area contributed by atoms with Gasteiger partial charge in [0, 0.05) is 16.8 Å². The van der Waals surface area contributed by atoms with Gasteiger partial charge in [-0.15, -0.1) is 10.2 Å². The lowest BCUT2D eigenvalue weighted by molar-refractivity contribution is -0.115. The van der Waals surface area contributed by atoms with Crippen LogP contribution in [0.5, 0.6) is 0 Å². The molecule has 7 heteroatoms. The Morgan fingerprint density at radius 3 is 2.40 bits per heavy atom. The normalized spacial score (nSPS) is 12.4. The number of Topliss-reactive ketones (excluding diaryl/α,β-unsaturated/α-hetero) is 1. The number of thioether (sulfide) groups is 1. The smallest absolute Gasteiger partial charge is 0.277 e. The molecule has 0 bridgehead atoms. The first-order valence-corrected chi connectivity index (χ1v) is 10.5. The molecule has 156 valence electrons. The molecule has 3 aromatic rings. The molecule has 30 heavy (non-hydrogen) atoms. The molecule has 6 nitrogen and oxygen atoms in total. The van der Waals surface area contributed by atoms with Gasteiger partial charge in [-0.05, 0) is 49.1 Å². The van der Waals surface area contributed by atoms with E-state index in [-0.39, 0.29) is 17.1 Å². The number of benzene rings is 2. The Hall–Kier alpha value is -2.93. The van der Waals surface area contributed by atoms with Crippen molar-refractivity contribution < 1.29 is 14.0 Å². The molecule has 1 atom stereocenters. The number of anilines is 1. The van der Waals surface area contributed by atoms with Gasteiger partial charge in [-0.3, -0.25) is 9.59 Å². The lowest BCUT2D eigenvalue weighted by Gasteiger charge is -2.18. The standard InChI is InChI=1S/C23H25N3O3S/c1-14(27)17-7-6-8-19(13-17)24-20(28)15(2)30-22-26-25-21(29-22)16-9-11-18(12-10-16)23(3,4)5/h6-13,15H,1-5H3,(H,24,28)/t15-/m1/s1. The summed E-state index contributed by atoms with van der Waals surface area (Å²) >= 11 is 1.19. The molecule has 0 spiro atoms. The second-order valence-corrected chi connectivity index (χ2v) is 9.38. The highest BCUT2D eigenvalue weighted by atomic mass is 32.2. The molecule has 0 aliphatic carbocycles. The van der Waals surface area contributed by atoms with Gasteiger partial charge in [-0.2, -0.15) is 0 Å². The maximum atomic E-state index is 12.5. The van der Waals surface area contributed by atoms with Crippen LogP contribution < -0.4 is 5.32 Å². The average molecular weight is 424 g/mol. The summed E-state index contributed by atoms with van der Waals surface area (Å²) in [6, 6.07) is 14.9. The van der Waals surface area contributed by atoms with Gasteiger partial charge in [-0.25, -0.2) is 0 Å². The maximum absolute atomic E-state index is 12.5. The molecule has 0 aliphatic heterocycles. The monoisotopic (exact) mass is 423 g/mol. The quantitative estimate of drug-likeness (QED) is 0.425. The third-order valence-corrected chi connectivity index (χ3v) is 5.52. The van der Waals surface area contributed by atoms with E-state index in [1.54, 1.807) is 31.2 Å². The molecule has 0 saturated heterocycles. The number of amides is 1. The van der Waals surface area contributed by atoms with Crippen molar-refractivity contribution in [1.82, 2.24) is 10.2 Å². The van der Waals surface area contributed by atoms with Crippen LogP contribution in [0.4, 0.5) is 5.69 Å². The van der Waals surface area contributed by atoms with Gasteiger partial charge in [0.25, 0.3) is 5.22 Å². The summed E-state index contributed by atoms with van der Waals surface area (Å²) in [6.45, 7) is 9.73. The molecular formula is C23H25N3O3S. The van der Waals surface area contributed by atoms with Crippen LogP contribution in [0.25, 0.3) is 11.5 Å². The fourth-order valence-electron chi connectivity index (χ4n) is 2.75. The van der Waals surface area contributed by atoms with Crippen molar-refractivity contribution in [2.45, 2.75) is 50.5 Å². The highest BCUT2D eigenvalue weighted by molar-refractivity contribution is 8.00. The van der Waals surface area contributed by atoms with E-state index in [1.165, 1.54) is 24.2 Å². The number of carbonyl (C=O) groups excluding carboxylic acids is 2. The van der Waals surface area contributed by atoms with Crippen molar-refractivity contribution in [3.63, 3.8) is 0 Å². The van der Waals surface area contributed by atoms with Crippen LogP contribution in [0, 0.1) is 0 Å². The Morgan fingerprint density at radius 1 is 1.07 bits per heavy atom. The second-order valence-electron chi connectivity index (χ2n) is 8.09. The van der Waals surface area contributed by atoms with Gasteiger partial charge < -0.3 is 9.73 Å². The van der Waals surface area contributed by atoms with Crippen molar-refractivity contribution >= 4 is 29.1 Å². The molecule has 1 aromatic heterocycles. The molecular weight excluding hydrogens is 398 g/mol. The van der Waals surface area contributed by atoms with Gasteiger partial charge in [0.1, 0.15) is 0 Å². The van der Waals surface area contributed by atoms with Crippen LogP contribution in [0.3, 0.4) is 0 Å². The molecule has 0 saturated carbocycles. The minimum Gasteiger partial charge on any atom is -0.411 e. The van der Waals surface area contributed by atoms with Crippen LogP contribution in [0.1, 0.15) is 50.5 Å². The zero-order valence-electron chi connectivity index (χ0n) is 17.7.